The molecule has 19 heavy (non-hydrogen) atoms. The molecule has 1 aliphatic rings. The molecule has 2 aromatic rings. The molecule has 0 amide bonds. The Morgan fingerprint density at radius 2 is 2.00 bits per heavy atom. The molecule has 0 aliphatic carbocycles. The third kappa shape index (κ3) is 2.81. The van der Waals surface area contributed by atoms with E-state index in [1.165, 1.54) is 12.1 Å². The maximum absolute atomic E-state index is 13.2. The van der Waals surface area contributed by atoms with Crippen molar-refractivity contribution in [3.05, 3.63) is 54.1 Å². The number of likely N-dealkylation sites (tertiary alicyclic amines) is 1. The van der Waals surface area contributed by atoms with Gasteiger partial charge < -0.3 is 4.57 Å². The van der Waals surface area contributed by atoms with Gasteiger partial charge in [0.2, 0.25) is 0 Å². The van der Waals surface area contributed by atoms with Gasteiger partial charge in [0.05, 0.1) is 13.0 Å². The van der Waals surface area contributed by atoms with Crippen LogP contribution in [-0.4, -0.2) is 27.5 Å². The minimum atomic E-state index is -0.497. The van der Waals surface area contributed by atoms with Gasteiger partial charge in [0.15, 0.2) is 0 Å². The van der Waals surface area contributed by atoms with E-state index in [1.807, 2.05) is 10.8 Å². The van der Waals surface area contributed by atoms with E-state index in [-0.39, 0.29) is 5.92 Å². The van der Waals surface area contributed by atoms with E-state index in [4.69, 9.17) is 0 Å². The van der Waals surface area contributed by atoms with E-state index in [0.29, 0.717) is 0 Å². The molecule has 1 atom stereocenters. The number of imidazole rings is 1. The molecule has 2 heterocycles. The highest BCUT2D eigenvalue weighted by Crippen LogP contribution is 2.28. The average Bonchev–Trinajstić information content (AvgIpc) is 2.99. The number of benzene rings is 1. The predicted octanol–water partition coefficient (Wildman–Crippen LogP) is 2.61. The molecule has 1 fully saturated rings. The van der Waals surface area contributed by atoms with Gasteiger partial charge in [-0.3, -0.25) is 4.90 Å². The second kappa shape index (κ2) is 5.09. The summed E-state index contributed by atoms with van der Waals surface area (Å²) in [5.41, 5.74) is 0.755. The largest absolute Gasteiger partial charge is 0.324 e. The van der Waals surface area contributed by atoms with Gasteiger partial charge in [0.25, 0.3) is 0 Å². The molecule has 100 valence electrons. The highest BCUT2D eigenvalue weighted by Gasteiger charge is 2.24. The van der Waals surface area contributed by atoms with Crippen LogP contribution in [0.15, 0.2) is 36.9 Å². The van der Waals surface area contributed by atoms with Crippen molar-refractivity contribution in [2.45, 2.75) is 19.0 Å². The summed E-state index contributed by atoms with van der Waals surface area (Å²) in [6.45, 7) is 2.52. The molecule has 0 saturated carbocycles. The minimum absolute atomic E-state index is 0.203. The second-order valence-corrected chi connectivity index (χ2v) is 4.98. The first-order chi connectivity index (χ1) is 9.20. The first-order valence-electron chi connectivity index (χ1n) is 6.35. The molecule has 0 spiro atoms. The quantitative estimate of drug-likeness (QED) is 0.848. The topological polar surface area (TPSA) is 21.1 Å². The Kier molecular flexibility index (Phi) is 3.29. The Morgan fingerprint density at radius 1 is 1.21 bits per heavy atom. The van der Waals surface area contributed by atoms with Crippen LogP contribution < -0.4 is 0 Å². The Labute approximate surface area is 110 Å². The number of aromatic nitrogens is 2. The summed E-state index contributed by atoms with van der Waals surface area (Å²) in [5.74, 6) is -0.792. The Bertz CT molecular complexity index is 534. The highest BCUT2D eigenvalue weighted by atomic mass is 19.1. The van der Waals surface area contributed by atoms with Crippen LogP contribution in [0.4, 0.5) is 8.78 Å². The van der Waals surface area contributed by atoms with Gasteiger partial charge in [-0.2, -0.15) is 0 Å². The lowest BCUT2D eigenvalue weighted by Gasteiger charge is -2.16. The van der Waals surface area contributed by atoms with Gasteiger partial charge in [-0.15, -0.1) is 0 Å². The lowest BCUT2D eigenvalue weighted by molar-refractivity contribution is 0.266. The highest BCUT2D eigenvalue weighted by molar-refractivity contribution is 5.23. The lowest BCUT2D eigenvalue weighted by Crippen LogP contribution is -2.23. The molecule has 0 radical (unpaired) electrons. The van der Waals surface area contributed by atoms with E-state index in [0.717, 1.165) is 37.8 Å². The van der Waals surface area contributed by atoms with Gasteiger partial charge in [-0.05, 0) is 30.0 Å². The minimum Gasteiger partial charge on any atom is -0.324 e. The molecule has 0 N–H and O–H groups in total. The van der Waals surface area contributed by atoms with E-state index < -0.39 is 11.6 Å². The molecule has 0 bridgehead atoms. The van der Waals surface area contributed by atoms with Gasteiger partial charge in [-0.1, -0.05) is 0 Å². The molecule has 5 heteroatoms. The average molecular weight is 263 g/mol. The molecular formula is C14H15F2N3. The van der Waals surface area contributed by atoms with Crippen molar-refractivity contribution in [2.24, 2.45) is 0 Å². The van der Waals surface area contributed by atoms with Crippen LogP contribution in [0.2, 0.25) is 0 Å². The van der Waals surface area contributed by atoms with Crippen molar-refractivity contribution in [3.63, 3.8) is 0 Å². The monoisotopic (exact) mass is 263 g/mol. The molecule has 1 aromatic heterocycles. The maximum atomic E-state index is 13.2. The van der Waals surface area contributed by atoms with Crippen LogP contribution in [0.5, 0.6) is 0 Å². The van der Waals surface area contributed by atoms with Crippen molar-refractivity contribution < 1.29 is 8.78 Å². The summed E-state index contributed by atoms with van der Waals surface area (Å²) < 4.78 is 28.4. The Hall–Kier alpha value is -1.75. The van der Waals surface area contributed by atoms with Crippen LogP contribution in [0, 0.1) is 11.6 Å². The fourth-order valence-corrected chi connectivity index (χ4v) is 2.65. The summed E-state index contributed by atoms with van der Waals surface area (Å²) in [4.78, 5) is 6.26. The Morgan fingerprint density at radius 3 is 2.68 bits per heavy atom. The standard InChI is InChI=1S/C14H15F2N3/c15-13-5-12(6-14(16)7-13)11-1-3-18(8-11)10-19-4-2-17-9-19/h2,4-7,9,11H,1,3,8,10H2. The molecule has 1 aromatic carbocycles. The van der Waals surface area contributed by atoms with E-state index >= 15 is 0 Å². The predicted molar refractivity (Wildman–Crippen MR) is 67.5 cm³/mol. The van der Waals surface area contributed by atoms with E-state index in [1.54, 1.807) is 12.5 Å². The number of hydrogen-bond donors (Lipinski definition) is 0. The SMILES string of the molecule is Fc1cc(F)cc(C2CCN(Cn3ccnc3)C2)c1. The third-order valence-corrected chi connectivity index (χ3v) is 3.55. The van der Waals surface area contributed by atoms with Crippen molar-refractivity contribution in [2.75, 3.05) is 13.1 Å². The molecule has 1 unspecified atom stereocenters. The fraction of sp³-hybridized carbons (Fsp3) is 0.357. The molecule has 3 rings (SSSR count). The number of rotatable bonds is 3. The zero-order valence-corrected chi connectivity index (χ0v) is 10.5. The number of halogens is 2. The third-order valence-electron chi connectivity index (χ3n) is 3.55. The van der Waals surface area contributed by atoms with Crippen molar-refractivity contribution in [3.8, 4) is 0 Å². The van der Waals surface area contributed by atoms with Gasteiger partial charge in [0.1, 0.15) is 11.6 Å². The van der Waals surface area contributed by atoms with Crippen molar-refractivity contribution in [1.82, 2.24) is 14.5 Å². The fourth-order valence-electron chi connectivity index (χ4n) is 2.65. The van der Waals surface area contributed by atoms with Gasteiger partial charge in [-0.25, -0.2) is 13.8 Å². The van der Waals surface area contributed by atoms with Gasteiger partial charge >= 0.3 is 0 Å². The summed E-state index contributed by atoms with van der Waals surface area (Å²) in [7, 11) is 0. The number of hydrogen-bond acceptors (Lipinski definition) is 2. The molecule has 1 saturated heterocycles. The summed E-state index contributed by atoms with van der Waals surface area (Å²) in [5, 5.41) is 0. The summed E-state index contributed by atoms with van der Waals surface area (Å²) in [6.07, 6.45) is 6.36. The lowest BCUT2D eigenvalue weighted by atomic mass is 9.98. The zero-order valence-electron chi connectivity index (χ0n) is 10.5. The van der Waals surface area contributed by atoms with E-state index in [2.05, 4.69) is 9.88 Å². The molecular weight excluding hydrogens is 248 g/mol. The van der Waals surface area contributed by atoms with Gasteiger partial charge in [0, 0.05) is 31.5 Å². The van der Waals surface area contributed by atoms with Crippen LogP contribution in [0.1, 0.15) is 17.9 Å². The van der Waals surface area contributed by atoms with Crippen molar-refractivity contribution in [1.29, 1.82) is 0 Å². The summed E-state index contributed by atoms with van der Waals surface area (Å²) >= 11 is 0. The van der Waals surface area contributed by atoms with Crippen LogP contribution in [-0.2, 0) is 6.67 Å². The summed E-state index contributed by atoms with van der Waals surface area (Å²) in [6, 6.07) is 3.80. The van der Waals surface area contributed by atoms with Crippen LogP contribution in [0.3, 0.4) is 0 Å². The van der Waals surface area contributed by atoms with E-state index in [9.17, 15) is 8.78 Å². The van der Waals surface area contributed by atoms with Crippen LogP contribution >= 0.6 is 0 Å². The van der Waals surface area contributed by atoms with Crippen LogP contribution in [0.25, 0.3) is 0 Å². The second-order valence-electron chi connectivity index (χ2n) is 4.98. The number of nitrogens with zero attached hydrogens (tertiary/aromatic N) is 3. The van der Waals surface area contributed by atoms with Crippen molar-refractivity contribution >= 4 is 0 Å². The first kappa shape index (κ1) is 12.3. The maximum Gasteiger partial charge on any atom is 0.126 e. The normalized spacial score (nSPS) is 20.0. The molecule has 1 aliphatic heterocycles. The smallest absolute Gasteiger partial charge is 0.126 e. The Balaban J connectivity index is 1.68. The molecule has 3 nitrogen and oxygen atoms in total. The first-order valence-corrected chi connectivity index (χ1v) is 6.35. The zero-order chi connectivity index (χ0) is 13.2.